The Labute approximate surface area is 182 Å². The average Bonchev–Trinajstić information content (AvgIpc) is 3.17. The first-order valence-electron chi connectivity index (χ1n) is 10.1. The second-order valence-electron chi connectivity index (χ2n) is 7.53. The molecule has 2 heterocycles. The molecule has 7 nitrogen and oxygen atoms in total. The van der Waals surface area contributed by atoms with Crippen molar-refractivity contribution < 1.29 is 9.72 Å². The Morgan fingerprint density at radius 1 is 0.938 bits per heavy atom. The molecular weight excluding hydrogens is 404 g/mol. The summed E-state index contributed by atoms with van der Waals surface area (Å²) < 4.78 is 0. The standard InChI is InChI=1S/C25H18N4O3/c30-25(17-7-4-8-20(12-17)29(31)32)27-18-9-10-23-21(13-18)22-14-19(26-15-24(22)28-23)11-16-5-2-1-3-6-16/h1-10,12-15,28H,11H2,(H,27,30). The number of nitrogens with zero attached hydrogens (tertiary/aromatic N) is 2. The molecule has 0 aliphatic rings. The van der Waals surface area contributed by atoms with Crippen LogP contribution in [0.1, 0.15) is 21.6 Å². The Hall–Kier alpha value is -4.52. The van der Waals surface area contributed by atoms with Crippen molar-refractivity contribution in [2.24, 2.45) is 0 Å². The van der Waals surface area contributed by atoms with Crippen LogP contribution in [-0.2, 0) is 6.42 Å². The third-order valence-electron chi connectivity index (χ3n) is 5.34. The van der Waals surface area contributed by atoms with Gasteiger partial charge in [-0.1, -0.05) is 36.4 Å². The average molecular weight is 422 g/mol. The molecule has 32 heavy (non-hydrogen) atoms. The van der Waals surface area contributed by atoms with Gasteiger partial charge in [-0.15, -0.1) is 0 Å². The summed E-state index contributed by atoms with van der Waals surface area (Å²) in [5.41, 5.74) is 4.71. The number of H-pyrrole nitrogens is 1. The molecule has 0 spiro atoms. The van der Waals surface area contributed by atoms with Crippen molar-refractivity contribution in [2.75, 3.05) is 5.32 Å². The van der Waals surface area contributed by atoms with E-state index >= 15 is 0 Å². The summed E-state index contributed by atoms with van der Waals surface area (Å²) in [5.74, 6) is -0.403. The lowest BCUT2D eigenvalue weighted by molar-refractivity contribution is -0.384. The quantitative estimate of drug-likeness (QED) is 0.290. The first-order chi connectivity index (χ1) is 15.6. The van der Waals surface area contributed by atoms with Gasteiger partial charge in [0.05, 0.1) is 16.6 Å². The molecule has 0 atom stereocenters. The molecule has 1 amide bonds. The molecular formula is C25H18N4O3. The minimum absolute atomic E-state index is 0.122. The molecule has 3 aromatic carbocycles. The number of carbonyl (C=O) groups excluding carboxylic acids is 1. The molecule has 0 unspecified atom stereocenters. The highest BCUT2D eigenvalue weighted by molar-refractivity contribution is 6.10. The smallest absolute Gasteiger partial charge is 0.270 e. The summed E-state index contributed by atoms with van der Waals surface area (Å²) in [6.45, 7) is 0. The molecule has 2 aromatic heterocycles. The lowest BCUT2D eigenvalue weighted by Gasteiger charge is -2.06. The fourth-order valence-electron chi connectivity index (χ4n) is 3.79. The van der Waals surface area contributed by atoms with E-state index in [1.807, 2.05) is 36.5 Å². The van der Waals surface area contributed by atoms with Crippen molar-refractivity contribution in [3.05, 3.63) is 112 Å². The van der Waals surface area contributed by atoms with E-state index in [2.05, 4.69) is 33.5 Å². The zero-order valence-electron chi connectivity index (χ0n) is 16.9. The van der Waals surface area contributed by atoms with Gasteiger partial charge in [-0.2, -0.15) is 0 Å². The van der Waals surface area contributed by atoms with E-state index in [0.29, 0.717) is 5.69 Å². The second kappa shape index (κ2) is 7.96. The first kappa shape index (κ1) is 19.4. The number of anilines is 1. The van der Waals surface area contributed by atoms with Gasteiger partial charge in [0, 0.05) is 51.8 Å². The highest BCUT2D eigenvalue weighted by Gasteiger charge is 2.13. The molecule has 0 aliphatic carbocycles. The number of non-ortho nitro benzene ring substituents is 1. The van der Waals surface area contributed by atoms with Crippen molar-refractivity contribution in [3.63, 3.8) is 0 Å². The zero-order valence-corrected chi connectivity index (χ0v) is 16.9. The fourth-order valence-corrected chi connectivity index (χ4v) is 3.79. The van der Waals surface area contributed by atoms with Crippen molar-refractivity contribution in [1.29, 1.82) is 0 Å². The number of amides is 1. The summed E-state index contributed by atoms with van der Waals surface area (Å²) in [6, 6.07) is 23.5. The molecule has 0 fully saturated rings. The van der Waals surface area contributed by atoms with Crippen LogP contribution >= 0.6 is 0 Å². The summed E-state index contributed by atoms with van der Waals surface area (Å²) in [5, 5.41) is 15.8. The number of aromatic amines is 1. The van der Waals surface area contributed by atoms with Crippen LogP contribution in [-0.4, -0.2) is 20.8 Å². The molecule has 0 saturated carbocycles. The summed E-state index contributed by atoms with van der Waals surface area (Å²) in [6.07, 6.45) is 2.56. The van der Waals surface area contributed by atoms with Crippen LogP contribution in [0.25, 0.3) is 21.8 Å². The maximum absolute atomic E-state index is 12.6. The van der Waals surface area contributed by atoms with Crippen LogP contribution in [0.2, 0.25) is 0 Å². The SMILES string of the molecule is O=C(Nc1ccc2[nH]c3cnc(Cc4ccccc4)cc3c2c1)c1cccc([N+](=O)[O-])c1. The summed E-state index contributed by atoms with van der Waals surface area (Å²) in [4.78, 5) is 31.0. The van der Waals surface area contributed by atoms with E-state index in [-0.39, 0.29) is 11.3 Å². The van der Waals surface area contributed by atoms with E-state index < -0.39 is 10.8 Å². The van der Waals surface area contributed by atoms with Crippen LogP contribution in [0.15, 0.2) is 85.1 Å². The number of rotatable bonds is 5. The van der Waals surface area contributed by atoms with Gasteiger partial charge in [-0.3, -0.25) is 19.9 Å². The number of fused-ring (bicyclic) bond motifs is 3. The van der Waals surface area contributed by atoms with Gasteiger partial charge in [0.25, 0.3) is 11.6 Å². The van der Waals surface area contributed by atoms with Gasteiger partial charge in [-0.25, -0.2) is 0 Å². The summed E-state index contributed by atoms with van der Waals surface area (Å²) >= 11 is 0. The fraction of sp³-hybridized carbons (Fsp3) is 0.0400. The Kier molecular flexibility index (Phi) is 4.84. The van der Waals surface area contributed by atoms with E-state index in [9.17, 15) is 14.9 Å². The maximum atomic E-state index is 12.6. The predicted molar refractivity (Wildman–Crippen MR) is 124 cm³/mol. The zero-order chi connectivity index (χ0) is 22.1. The number of benzene rings is 3. The minimum Gasteiger partial charge on any atom is -0.353 e. The molecule has 5 aromatic rings. The number of pyridine rings is 1. The molecule has 0 saturated heterocycles. The van der Waals surface area contributed by atoms with Crippen molar-refractivity contribution in [3.8, 4) is 0 Å². The van der Waals surface area contributed by atoms with Crippen LogP contribution in [0, 0.1) is 10.1 Å². The number of nitrogens with one attached hydrogen (secondary N) is 2. The number of carbonyl (C=O) groups is 1. The van der Waals surface area contributed by atoms with Crippen molar-refractivity contribution >= 4 is 39.1 Å². The Morgan fingerprint density at radius 3 is 2.56 bits per heavy atom. The van der Waals surface area contributed by atoms with Gasteiger partial charge < -0.3 is 10.3 Å². The highest BCUT2D eigenvalue weighted by atomic mass is 16.6. The third-order valence-corrected chi connectivity index (χ3v) is 5.34. The van der Waals surface area contributed by atoms with Gasteiger partial charge >= 0.3 is 0 Å². The second-order valence-corrected chi connectivity index (χ2v) is 7.53. The Balaban J connectivity index is 1.46. The maximum Gasteiger partial charge on any atom is 0.270 e. The molecule has 156 valence electrons. The molecule has 0 radical (unpaired) electrons. The number of hydrogen-bond acceptors (Lipinski definition) is 4. The largest absolute Gasteiger partial charge is 0.353 e. The lowest BCUT2D eigenvalue weighted by atomic mass is 10.1. The van der Waals surface area contributed by atoms with Crippen LogP contribution in [0.5, 0.6) is 0 Å². The van der Waals surface area contributed by atoms with Gasteiger partial charge in [0.2, 0.25) is 0 Å². The Bertz CT molecular complexity index is 1480. The number of nitro benzene ring substituents is 1. The molecule has 2 N–H and O–H groups in total. The number of aromatic nitrogens is 2. The minimum atomic E-state index is -0.518. The normalized spacial score (nSPS) is 11.0. The van der Waals surface area contributed by atoms with Crippen LogP contribution < -0.4 is 5.32 Å². The monoisotopic (exact) mass is 422 g/mol. The van der Waals surface area contributed by atoms with Crippen molar-refractivity contribution in [1.82, 2.24) is 9.97 Å². The Morgan fingerprint density at radius 2 is 1.75 bits per heavy atom. The molecule has 5 rings (SSSR count). The van der Waals surface area contributed by atoms with Gasteiger partial charge in [0.15, 0.2) is 0 Å². The molecule has 7 heteroatoms. The number of nitro groups is 1. The highest BCUT2D eigenvalue weighted by Crippen LogP contribution is 2.29. The van der Waals surface area contributed by atoms with E-state index in [4.69, 9.17) is 0 Å². The van der Waals surface area contributed by atoms with Crippen molar-refractivity contribution in [2.45, 2.75) is 6.42 Å². The van der Waals surface area contributed by atoms with E-state index in [0.717, 1.165) is 33.9 Å². The van der Waals surface area contributed by atoms with Crippen LogP contribution in [0.3, 0.4) is 0 Å². The van der Waals surface area contributed by atoms with Crippen LogP contribution in [0.4, 0.5) is 11.4 Å². The lowest BCUT2D eigenvalue weighted by Crippen LogP contribution is -2.11. The summed E-state index contributed by atoms with van der Waals surface area (Å²) in [7, 11) is 0. The topological polar surface area (TPSA) is 101 Å². The first-order valence-corrected chi connectivity index (χ1v) is 10.1. The van der Waals surface area contributed by atoms with Gasteiger partial charge in [-0.05, 0) is 35.9 Å². The number of hydrogen-bond donors (Lipinski definition) is 2. The molecule has 0 aliphatic heterocycles. The molecule has 0 bridgehead atoms. The van der Waals surface area contributed by atoms with Gasteiger partial charge in [0.1, 0.15) is 0 Å². The van der Waals surface area contributed by atoms with E-state index in [1.54, 1.807) is 12.1 Å². The third kappa shape index (κ3) is 3.79. The van der Waals surface area contributed by atoms with E-state index in [1.165, 1.54) is 23.8 Å². The predicted octanol–water partition coefficient (Wildman–Crippen LogP) is 5.47.